The number of sulfonamides is 1. The molecule has 1 aromatic carbocycles. The number of hydrogen-bond donors (Lipinski definition) is 1. The zero-order valence-electron chi connectivity index (χ0n) is 9.85. The van der Waals surface area contributed by atoms with E-state index < -0.39 is 10.0 Å². The Morgan fingerprint density at radius 2 is 2.21 bits per heavy atom. The van der Waals surface area contributed by atoms with Crippen LogP contribution in [0.25, 0.3) is 0 Å². The third kappa shape index (κ3) is 3.56. The molecule has 102 valence electrons. The summed E-state index contributed by atoms with van der Waals surface area (Å²) < 4.78 is 32.4. The maximum absolute atomic E-state index is 12.1. The summed E-state index contributed by atoms with van der Waals surface area (Å²) in [5.74, 6) is 0.921. The molecule has 1 N–H and O–H groups in total. The number of oxazole rings is 1. The topological polar surface area (TPSA) is 72.2 Å². The highest BCUT2D eigenvalue weighted by molar-refractivity contribution is 9.10. The molecule has 0 saturated heterocycles. The normalized spacial score (nSPS) is 11.7. The molecule has 0 atom stereocenters. The van der Waals surface area contributed by atoms with Crippen molar-refractivity contribution in [2.75, 3.05) is 0 Å². The van der Waals surface area contributed by atoms with Crippen LogP contribution in [0.2, 0.25) is 5.02 Å². The van der Waals surface area contributed by atoms with Gasteiger partial charge in [-0.05, 0) is 25.1 Å². The van der Waals surface area contributed by atoms with Crippen LogP contribution in [0.5, 0.6) is 0 Å². The van der Waals surface area contributed by atoms with Crippen LogP contribution in [-0.2, 0) is 16.6 Å². The molecule has 0 aliphatic rings. The molecule has 0 aliphatic carbocycles. The molecule has 5 nitrogen and oxygen atoms in total. The Hall–Kier alpha value is -0.890. The Morgan fingerprint density at radius 3 is 2.79 bits per heavy atom. The van der Waals surface area contributed by atoms with E-state index in [0.717, 1.165) is 0 Å². The molecule has 19 heavy (non-hydrogen) atoms. The molecule has 0 saturated carbocycles. The minimum absolute atomic E-state index is 0.0145. The van der Waals surface area contributed by atoms with E-state index >= 15 is 0 Å². The van der Waals surface area contributed by atoms with Gasteiger partial charge in [0.15, 0.2) is 0 Å². The maximum Gasteiger partial charge on any atom is 0.242 e. The van der Waals surface area contributed by atoms with E-state index in [2.05, 4.69) is 25.6 Å². The standard InChI is InChI=1S/C11H10BrClN2O3S/c1-7-5-14-11(18-7)6-15-19(16,17)10-3-2-8(12)4-9(10)13/h2-5,15H,6H2,1H3. The first-order valence-corrected chi connectivity index (χ1v) is 7.90. The molecule has 2 rings (SSSR count). The fraction of sp³-hybridized carbons (Fsp3) is 0.182. The van der Waals surface area contributed by atoms with Gasteiger partial charge >= 0.3 is 0 Å². The van der Waals surface area contributed by atoms with Crippen LogP contribution in [0, 0.1) is 6.92 Å². The largest absolute Gasteiger partial charge is 0.445 e. The summed E-state index contributed by atoms with van der Waals surface area (Å²) >= 11 is 9.13. The highest BCUT2D eigenvalue weighted by atomic mass is 79.9. The Balaban J connectivity index is 2.18. The second kappa shape index (κ2) is 5.62. The predicted octanol–water partition coefficient (Wildman–Crippen LogP) is 2.88. The molecule has 2 aromatic rings. The zero-order chi connectivity index (χ0) is 14.0. The SMILES string of the molecule is Cc1cnc(CNS(=O)(=O)c2ccc(Br)cc2Cl)o1. The Kier molecular flexibility index (Phi) is 4.29. The number of aryl methyl sites for hydroxylation is 1. The van der Waals surface area contributed by atoms with E-state index in [4.69, 9.17) is 16.0 Å². The third-order valence-corrected chi connectivity index (χ3v) is 4.64. The number of nitrogens with zero attached hydrogens (tertiary/aromatic N) is 1. The Labute approximate surface area is 124 Å². The first-order valence-electron chi connectivity index (χ1n) is 5.24. The summed E-state index contributed by atoms with van der Waals surface area (Å²) in [7, 11) is -3.70. The average Bonchev–Trinajstić information content (AvgIpc) is 2.72. The second-order valence-corrected chi connectivity index (χ2v) is 6.82. The Bertz CT molecular complexity index is 700. The van der Waals surface area contributed by atoms with Gasteiger partial charge in [0, 0.05) is 4.47 Å². The Morgan fingerprint density at radius 1 is 1.47 bits per heavy atom. The number of aromatic nitrogens is 1. The first-order chi connectivity index (χ1) is 8.88. The average molecular weight is 366 g/mol. The number of nitrogens with one attached hydrogen (secondary N) is 1. The molecule has 0 fully saturated rings. The highest BCUT2D eigenvalue weighted by Crippen LogP contribution is 2.25. The number of benzene rings is 1. The lowest BCUT2D eigenvalue weighted by molar-refractivity contribution is 0.463. The molecule has 1 heterocycles. The number of hydrogen-bond acceptors (Lipinski definition) is 4. The van der Waals surface area contributed by atoms with Crippen molar-refractivity contribution >= 4 is 37.6 Å². The van der Waals surface area contributed by atoms with Crippen molar-refractivity contribution < 1.29 is 12.8 Å². The van der Waals surface area contributed by atoms with Crippen molar-refractivity contribution in [2.45, 2.75) is 18.4 Å². The molecule has 0 spiro atoms. The van der Waals surface area contributed by atoms with Crippen molar-refractivity contribution in [3.8, 4) is 0 Å². The zero-order valence-corrected chi connectivity index (χ0v) is 13.0. The van der Waals surface area contributed by atoms with Gasteiger partial charge in [0.2, 0.25) is 15.9 Å². The second-order valence-electron chi connectivity index (χ2n) is 3.76. The molecular weight excluding hydrogens is 356 g/mol. The van der Waals surface area contributed by atoms with E-state index in [-0.39, 0.29) is 16.5 Å². The van der Waals surface area contributed by atoms with Crippen LogP contribution in [0.4, 0.5) is 0 Å². The van der Waals surface area contributed by atoms with Crippen LogP contribution in [0.15, 0.2) is 38.2 Å². The van der Waals surface area contributed by atoms with Crippen LogP contribution in [0.3, 0.4) is 0 Å². The van der Waals surface area contributed by atoms with Gasteiger partial charge in [-0.2, -0.15) is 0 Å². The van der Waals surface area contributed by atoms with Gasteiger partial charge in [0.05, 0.1) is 17.8 Å². The lowest BCUT2D eigenvalue weighted by atomic mass is 10.4. The van der Waals surface area contributed by atoms with Crippen LogP contribution in [-0.4, -0.2) is 13.4 Å². The van der Waals surface area contributed by atoms with Gasteiger partial charge in [-0.25, -0.2) is 18.1 Å². The molecule has 0 aliphatic heterocycles. The van der Waals surface area contributed by atoms with Gasteiger partial charge in [0.25, 0.3) is 0 Å². The van der Waals surface area contributed by atoms with Crippen LogP contribution in [0.1, 0.15) is 11.7 Å². The van der Waals surface area contributed by atoms with Gasteiger partial charge in [-0.3, -0.25) is 0 Å². The summed E-state index contributed by atoms with van der Waals surface area (Å²) in [4.78, 5) is 3.93. The fourth-order valence-electron chi connectivity index (χ4n) is 1.41. The van der Waals surface area contributed by atoms with Crippen LogP contribution >= 0.6 is 27.5 Å². The fourth-order valence-corrected chi connectivity index (χ4v) is 3.42. The lowest BCUT2D eigenvalue weighted by Gasteiger charge is -2.07. The van der Waals surface area contributed by atoms with Crippen molar-refractivity contribution in [3.63, 3.8) is 0 Å². The monoisotopic (exact) mass is 364 g/mol. The summed E-state index contributed by atoms with van der Waals surface area (Å²) in [5, 5.41) is 0.144. The van der Waals surface area contributed by atoms with E-state index in [9.17, 15) is 8.42 Å². The van der Waals surface area contributed by atoms with E-state index in [0.29, 0.717) is 16.1 Å². The minimum Gasteiger partial charge on any atom is -0.445 e. The summed E-state index contributed by atoms with van der Waals surface area (Å²) in [6, 6.07) is 4.55. The first kappa shape index (κ1) is 14.5. The molecule has 0 bridgehead atoms. The molecule has 0 unspecified atom stereocenters. The summed E-state index contributed by atoms with van der Waals surface area (Å²) in [5.41, 5.74) is 0. The van der Waals surface area contributed by atoms with Crippen molar-refractivity contribution in [3.05, 3.63) is 45.5 Å². The minimum atomic E-state index is -3.70. The van der Waals surface area contributed by atoms with Crippen molar-refractivity contribution in [1.82, 2.24) is 9.71 Å². The molecular formula is C11H10BrClN2O3S. The van der Waals surface area contributed by atoms with E-state index in [1.807, 2.05) is 0 Å². The van der Waals surface area contributed by atoms with Gasteiger partial charge < -0.3 is 4.42 Å². The number of halogens is 2. The van der Waals surface area contributed by atoms with Gasteiger partial charge in [-0.15, -0.1) is 0 Å². The van der Waals surface area contributed by atoms with Gasteiger partial charge in [-0.1, -0.05) is 27.5 Å². The van der Waals surface area contributed by atoms with E-state index in [1.54, 1.807) is 13.0 Å². The quantitative estimate of drug-likeness (QED) is 0.904. The predicted molar refractivity (Wildman–Crippen MR) is 74.4 cm³/mol. The molecule has 0 radical (unpaired) electrons. The summed E-state index contributed by atoms with van der Waals surface area (Å²) in [6.07, 6.45) is 1.52. The van der Waals surface area contributed by atoms with E-state index in [1.165, 1.54) is 18.3 Å². The summed E-state index contributed by atoms with van der Waals surface area (Å²) in [6.45, 7) is 1.71. The smallest absolute Gasteiger partial charge is 0.242 e. The molecule has 8 heteroatoms. The van der Waals surface area contributed by atoms with Gasteiger partial charge in [0.1, 0.15) is 10.7 Å². The highest BCUT2D eigenvalue weighted by Gasteiger charge is 2.18. The molecule has 0 amide bonds. The third-order valence-electron chi connectivity index (χ3n) is 2.27. The maximum atomic E-state index is 12.1. The molecule has 1 aromatic heterocycles. The number of rotatable bonds is 4. The van der Waals surface area contributed by atoms with Crippen LogP contribution < -0.4 is 4.72 Å². The lowest BCUT2D eigenvalue weighted by Crippen LogP contribution is -2.23. The van der Waals surface area contributed by atoms with Crippen molar-refractivity contribution in [1.29, 1.82) is 0 Å². The van der Waals surface area contributed by atoms with Crippen molar-refractivity contribution in [2.24, 2.45) is 0 Å².